The van der Waals surface area contributed by atoms with Gasteiger partial charge in [0, 0.05) is 9.75 Å². The highest BCUT2D eigenvalue weighted by Gasteiger charge is 2.14. The van der Waals surface area contributed by atoms with Crippen molar-refractivity contribution in [3.63, 3.8) is 0 Å². The molecule has 2 aromatic heterocycles. The number of amides is 1. The molecule has 0 aromatic carbocycles. The fourth-order valence-corrected chi connectivity index (χ4v) is 3.12. The lowest BCUT2D eigenvalue weighted by atomic mass is 10.3. The molecule has 0 aliphatic rings. The summed E-state index contributed by atoms with van der Waals surface area (Å²) in [6.45, 7) is 1.77. The summed E-state index contributed by atoms with van der Waals surface area (Å²) in [6, 6.07) is 8.18. The number of carbonyl (C=O) groups excluding carboxylic acids is 1. The topological polar surface area (TPSA) is 32.3 Å². The number of hydrogen-bond acceptors (Lipinski definition) is 4. The molecule has 19 heavy (non-hydrogen) atoms. The average Bonchev–Trinajstić information content (AvgIpc) is 3.01. The van der Waals surface area contributed by atoms with Crippen molar-refractivity contribution < 1.29 is 4.79 Å². The second-order valence-electron chi connectivity index (χ2n) is 3.94. The summed E-state index contributed by atoms with van der Waals surface area (Å²) in [6.07, 6.45) is 0. The molecule has 104 valence electrons. The normalized spacial score (nSPS) is 9.95. The van der Waals surface area contributed by atoms with Crippen LogP contribution < -0.4 is 5.32 Å². The Morgan fingerprint density at radius 1 is 1.16 bits per heavy atom. The highest BCUT2D eigenvalue weighted by atomic mass is 35.5. The third-order valence-electron chi connectivity index (χ3n) is 2.53. The van der Waals surface area contributed by atoms with Gasteiger partial charge in [-0.25, -0.2) is 0 Å². The minimum Gasteiger partial charge on any atom is -0.331 e. The minimum absolute atomic E-state index is 0. The molecule has 0 unspecified atom stereocenters. The van der Waals surface area contributed by atoms with Crippen LogP contribution in [-0.2, 0) is 17.9 Å². The Labute approximate surface area is 127 Å². The molecule has 1 amide bonds. The first kappa shape index (κ1) is 16.2. The summed E-state index contributed by atoms with van der Waals surface area (Å²) in [5.41, 5.74) is 0. The lowest BCUT2D eigenvalue weighted by molar-refractivity contribution is -0.131. The van der Waals surface area contributed by atoms with Gasteiger partial charge >= 0.3 is 0 Å². The first-order valence-corrected chi connectivity index (χ1v) is 7.52. The van der Waals surface area contributed by atoms with Crippen molar-refractivity contribution in [3.8, 4) is 0 Å². The Balaban J connectivity index is 0.00000180. The van der Waals surface area contributed by atoms with Gasteiger partial charge in [-0.3, -0.25) is 4.79 Å². The number of rotatable bonds is 6. The number of likely N-dealkylation sites (N-methyl/N-ethyl adjacent to an activating group) is 1. The van der Waals surface area contributed by atoms with E-state index in [2.05, 4.69) is 17.4 Å². The quantitative estimate of drug-likeness (QED) is 0.888. The van der Waals surface area contributed by atoms with Crippen LogP contribution >= 0.6 is 35.1 Å². The maximum Gasteiger partial charge on any atom is 0.237 e. The van der Waals surface area contributed by atoms with Gasteiger partial charge in [-0.2, -0.15) is 0 Å². The van der Waals surface area contributed by atoms with E-state index in [0.717, 1.165) is 0 Å². The molecule has 0 saturated carbocycles. The number of nitrogens with zero attached hydrogens (tertiary/aromatic N) is 1. The molecular formula is C13H17ClN2OS2. The van der Waals surface area contributed by atoms with E-state index < -0.39 is 0 Å². The zero-order chi connectivity index (χ0) is 12.8. The molecule has 2 aromatic rings. The van der Waals surface area contributed by atoms with Crippen LogP contribution in [-0.4, -0.2) is 24.4 Å². The van der Waals surface area contributed by atoms with Crippen LogP contribution in [0.1, 0.15) is 9.75 Å². The largest absolute Gasteiger partial charge is 0.331 e. The van der Waals surface area contributed by atoms with Gasteiger partial charge in [-0.05, 0) is 29.9 Å². The van der Waals surface area contributed by atoms with Crippen molar-refractivity contribution in [2.45, 2.75) is 13.1 Å². The first-order valence-electron chi connectivity index (χ1n) is 5.76. The molecule has 0 radical (unpaired) electrons. The van der Waals surface area contributed by atoms with Gasteiger partial charge in [0.05, 0.1) is 19.6 Å². The predicted octanol–water partition coefficient (Wildman–Crippen LogP) is 2.98. The van der Waals surface area contributed by atoms with Crippen LogP contribution in [0.2, 0.25) is 0 Å². The molecule has 0 aliphatic carbocycles. The zero-order valence-electron chi connectivity index (χ0n) is 10.7. The maximum absolute atomic E-state index is 12.1. The minimum atomic E-state index is 0. The fraction of sp³-hybridized carbons (Fsp3) is 0.308. The summed E-state index contributed by atoms with van der Waals surface area (Å²) in [5.74, 6) is 0.138. The Hall–Kier alpha value is -0.880. The molecule has 0 fully saturated rings. The Morgan fingerprint density at radius 2 is 1.68 bits per heavy atom. The standard InChI is InChI=1S/C13H16N2OS2.ClH/c1-14-8-13(16)15(9-11-4-2-6-17-11)10-12-5-3-7-18-12;/h2-7,14H,8-10H2,1H3;1H. The third kappa shape index (κ3) is 4.95. The maximum atomic E-state index is 12.1. The third-order valence-corrected chi connectivity index (χ3v) is 4.26. The Morgan fingerprint density at radius 3 is 2.05 bits per heavy atom. The van der Waals surface area contributed by atoms with E-state index in [1.54, 1.807) is 29.7 Å². The molecule has 0 bridgehead atoms. The Bertz CT molecular complexity index is 435. The van der Waals surface area contributed by atoms with Crippen LogP contribution in [0.25, 0.3) is 0 Å². The summed E-state index contributed by atoms with van der Waals surface area (Å²) >= 11 is 3.38. The van der Waals surface area contributed by atoms with Gasteiger partial charge in [-0.1, -0.05) is 12.1 Å². The van der Waals surface area contributed by atoms with E-state index in [0.29, 0.717) is 19.6 Å². The Kier molecular flexibility index (Phi) is 7.09. The molecule has 2 rings (SSSR count). The summed E-state index contributed by atoms with van der Waals surface area (Å²) < 4.78 is 0. The highest BCUT2D eigenvalue weighted by molar-refractivity contribution is 7.10. The smallest absolute Gasteiger partial charge is 0.237 e. The molecule has 0 aliphatic heterocycles. The fourth-order valence-electron chi connectivity index (χ4n) is 1.68. The van der Waals surface area contributed by atoms with Gasteiger partial charge in [0.25, 0.3) is 0 Å². The number of halogens is 1. The van der Waals surface area contributed by atoms with Crippen molar-refractivity contribution in [1.29, 1.82) is 0 Å². The van der Waals surface area contributed by atoms with Crippen LogP contribution in [0.4, 0.5) is 0 Å². The average molecular weight is 317 g/mol. The molecule has 2 heterocycles. The van der Waals surface area contributed by atoms with Crippen molar-refractivity contribution in [3.05, 3.63) is 44.8 Å². The first-order chi connectivity index (χ1) is 8.79. The SMILES string of the molecule is CNCC(=O)N(Cc1cccs1)Cc1cccs1.Cl. The molecule has 3 nitrogen and oxygen atoms in total. The molecule has 0 spiro atoms. The van der Waals surface area contributed by atoms with Crippen molar-refractivity contribution in [2.75, 3.05) is 13.6 Å². The van der Waals surface area contributed by atoms with Crippen molar-refractivity contribution in [2.24, 2.45) is 0 Å². The van der Waals surface area contributed by atoms with Gasteiger partial charge < -0.3 is 10.2 Å². The van der Waals surface area contributed by atoms with Crippen LogP contribution in [0.5, 0.6) is 0 Å². The number of thiophene rings is 2. The van der Waals surface area contributed by atoms with Gasteiger partial charge in [0.15, 0.2) is 0 Å². The van der Waals surface area contributed by atoms with Gasteiger partial charge in [0.2, 0.25) is 5.91 Å². The lowest BCUT2D eigenvalue weighted by Crippen LogP contribution is -2.35. The predicted molar refractivity (Wildman–Crippen MR) is 84.1 cm³/mol. The second kappa shape index (κ2) is 8.32. The summed E-state index contributed by atoms with van der Waals surface area (Å²) in [7, 11) is 1.80. The summed E-state index contributed by atoms with van der Waals surface area (Å²) in [4.78, 5) is 16.4. The molecule has 0 saturated heterocycles. The summed E-state index contributed by atoms with van der Waals surface area (Å²) in [5, 5.41) is 7.01. The van der Waals surface area contributed by atoms with E-state index in [4.69, 9.17) is 0 Å². The number of carbonyl (C=O) groups is 1. The van der Waals surface area contributed by atoms with E-state index in [1.807, 2.05) is 27.8 Å². The lowest BCUT2D eigenvalue weighted by Gasteiger charge is -2.21. The monoisotopic (exact) mass is 316 g/mol. The van der Waals surface area contributed by atoms with Gasteiger partial charge in [-0.15, -0.1) is 35.1 Å². The van der Waals surface area contributed by atoms with Gasteiger partial charge in [0.1, 0.15) is 0 Å². The second-order valence-corrected chi connectivity index (χ2v) is 6.00. The number of nitrogens with one attached hydrogen (secondary N) is 1. The molecule has 1 N–H and O–H groups in total. The molecular weight excluding hydrogens is 300 g/mol. The van der Waals surface area contributed by atoms with Crippen LogP contribution in [0, 0.1) is 0 Å². The van der Waals surface area contributed by atoms with Crippen molar-refractivity contribution in [1.82, 2.24) is 10.2 Å². The van der Waals surface area contributed by atoms with E-state index in [9.17, 15) is 4.79 Å². The highest BCUT2D eigenvalue weighted by Crippen LogP contribution is 2.17. The zero-order valence-corrected chi connectivity index (χ0v) is 13.1. The van der Waals surface area contributed by atoms with Crippen LogP contribution in [0.15, 0.2) is 35.0 Å². The van der Waals surface area contributed by atoms with E-state index >= 15 is 0 Å². The van der Waals surface area contributed by atoms with E-state index in [1.165, 1.54) is 9.75 Å². The van der Waals surface area contributed by atoms with E-state index in [-0.39, 0.29) is 18.3 Å². The molecule has 0 atom stereocenters. The molecule has 6 heteroatoms. The van der Waals surface area contributed by atoms with Crippen molar-refractivity contribution >= 4 is 41.0 Å². The van der Waals surface area contributed by atoms with Crippen LogP contribution in [0.3, 0.4) is 0 Å². The number of hydrogen-bond donors (Lipinski definition) is 1.